The largest absolute Gasteiger partial charge is 0.310 e. The third kappa shape index (κ3) is 3.31. The predicted octanol–water partition coefficient (Wildman–Crippen LogP) is 5.00. The average Bonchev–Trinajstić information content (AvgIpc) is 3.06. The molecule has 116 valence electrons. The van der Waals surface area contributed by atoms with Crippen molar-refractivity contribution in [2.45, 2.75) is 58.4 Å². The van der Waals surface area contributed by atoms with Crippen LogP contribution in [-0.2, 0) is 0 Å². The molecule has 4 atom stereocenters. The molecule has 0 heterocycles. The van der Waals surface area contributed by atoms with Gasteiger partial charge in [-0.25, -0.2) is 4.39 Å². The second-order valence-electron chi connectivity index (χ2n) is 7.20. The normalized spacial score (nSPS) is 29.0. The van der Waals surface area contributed by atoms with Gasteiger partial charge in [-0.05, 0) is 75.0 Å². The van der Waals surface area contributed by atoms with Crippen molar-refractivity contribution in [1.82, 2.24) is 5.32 Å². The lowest BCUT2D eigenvalue weighted by Gasteiger charge is -2.28. The van der Waals surface area contributed by atoms with Gasteiger partial charge in [-0.3, -0.25) is 0 Å². The van der Waals surface area contributed by atoms with Gasteiger partial charge in [-0.2, -0.15) is 0 Å². The van der Waals surface area contributed by atoms with Crippen LogP contribution in [-0.4, -0.2) is 6.54 Å². The highest BCUT2D eigenvalue weighted by Gasteiger charge is 2.40. The summed E-state index contributed by atoms with van der Waals surface area (Å²) in [4.78, 5) is 0. The Labute approximate surface area is 128 Å². The molecule has 2 aliphatic rings. The van der Waals surface area contributed by atoms with E-state index in [1.54, 1.807) is 6.07 Å². The van der Waals surface area contributed by atoms with E-state index in [9.17, 15) is 4.39 Å². The van der Waals surface area contributed by atoms with Gasteiger partial charge in [0.15, 0.2) is 0 Å². The molecule has 2 aliphatic carbocycles. The number of hydrogen-bond donors (Lipinski definition) is 1. The fourth-order valence-corrected chi connectivity index (χ4v) is 4.52. The van der Waals surface area contributed by atoms with Crippen molar-refractivity contribution in [3.05, 3.63) is 35.1 Å². The number of rotatable bonds is 6. The van der Waals surface area contributed by atoms with Crippen molar-refractivity contribution in [2.75, 3.05) is 6.54 Å². The summed E-state index contributed by atoms with van der Waals surface area (Å²) in [5, 5.41) is 3.59. The Hall–Kier alpha value is -0.890. The van der Waals surface area contributed by atoms with E-state index in [-0.39, 0.29) is 11.9 Å². The molecule has 2 heteroatoms. The number of nitrogens with one attached hydrogen (secondary N) is 1. The molecule has 0 spiro atoms. The first kappa shape index (κ1) is 15.0. The highest BCUT2D eigenvalue weighted by atomic mass is 19.1. The zero-order valence-electron chi connectivity index (χ0n) is 13.4. The molecule has 1 aromatic rings. The van der Waals surface area contributed by atoms with Crippen LogP contribution in [0.4, 0.5) is 4.39 Å². The van der Waals surface area contributed by atoms with Crippen LogP contribution in [0, 0.1) is 30.5 Å². The molecular formula is C19H28FN. The van der Waals surface area contributed by atoms with Crippen LogP contribution in [0.15, 0.2) is 18.2 Å². The fourth-order valence-electron chi connectivity index (χ4n) is 4.52. The van der Waals surface area contributed by atoms with E-state index in [1.807, 2.05) is 19.1 Å². The molecule has 0 amide bonds. The van der Waals surface area contributed by atoms with Gasteiger partial charge in [-0.1, -0.05) is 25.5 Å². The van der Waals surface area contributed by atoms with E-state index < -0.39 is 0 Å². The molecule has 21 heavy (non-hydrogen) atoms. The summed E-state index contributed by atoms with van der Waals surface area (Å²) in [5.41, 5.74) is 1.88. The maximum absolute atomic E-state index is 14.3. The molecule has 0 radical (unpaired) electrons. The second-order valence-corrected chi connectivity index (χ2v) is 7.20. The molecule has 4 unspecified atom stereocenters. The molecule has 3 rings (SSSR count). The summed E-state index contributed by atoms with van der Waals surface area (Å²) in [5.74, 6) is 2.65. The lowest BCUT2D eigenvalue weighted by atomic mass is 9.82. The van der Waals surface area contributed by atoms with Crippen molar-refractivity contribution in [1.29, 1.82) is 0 Å². The molecule has 2 saturated carbocycles. The Morgan fingerprint density at radius 3 is 2.76 bits per heavy atom. The number of halogens is 1. The van der Waals surface area contributed by atoms with E-state index in [0.717, 1.165) is 48.3 Å². The monoisotopic (exact) mass is 289 g/mol. The summed E-state index contributed by atoms with van der Waals surface area (Å²) in [6, 6.07) is 5.90. The highest BCUT2D eigenvalue weighted by molar-refractivity contribution is 5.26. The first-order valence-electron chi connectivity index (χ1n) is 8.66. The van der Waals surface area contributed by atoms with Gasteiger partial charge < -0.3 is 5.32 Å². The molecule has 1 N–H and O–H groups in total. The van der Waals surface area contributed by atoms with Gasteiger partial charge in [-0.15, -0.1) is 0 Å². The number of hydrogen-bond acceptors (Lipinski definition) is 1. The topological polar surface area (TPSA) is 12.0 Å². The molecule has 2 bridgehead atoms. The minimum atomic E-state index is -0.0354. The van der Waals surface area contributed by atoms with E-state index in [1.165, 1.54) is 25.7 Å². The molecule has 2 fully saturated rings. The minimum Gasteiger partial charge on any atom is -0.310 e. The standard InChI is InChI=1S/C19H28FN/c1-3-8-21-19(17-7-4-13(2)9-18(17)20)12-16-11-14-5-6-15(16)10-14/h4,7,9,14-16,19,21H,3,5-6,8,10-12H2,1-2H3. The van der Waals surface area contributed by atoms with Crippen molar-refractivity contribution >= 4 is 0 Å². The summed E-state index contributed by atoms with van der Waals surface area (Å²) in [7, 11) is 0. The van der Waals surface area contributed by atoms with Gasteiger partial charge in [0.25, 0.3) is 0 Å². The number of aryl methyl sites for hydroxylation is 1. The van der Waals surface area contributed by atoms with Crippen LogP contribution >= 0.6 is 0 Å². The van der Waals surface area contributed by atoms with Gasteiger partial charge in [0, 0.05) is 11.6 Å². The average molecular weight is 289 g/mol. The molecule has 1 nitrogen and oxygen atoms in total. The van der Waals surface area contributed by atoms with Crippen LogP contribution in [0.2, 0.25) is 0 Å². The predicted molar refractivity (Wildman–Crippen MR) is 85.7 cm³/mol. The third-order valence-corrected chi connectivity index (χ3v) is 5.60. The summed E-state index contributed by atoms with van der Waals surface area (Å²) < 4.78 is 14.3. The summed E-state index contributed by atoms with van der Waals surface area (Å²) in [6.45, 7) is 5.10. The smallest absolute Gasteiger partial charge is 0.128 e. The van der Waals surface area contributed by atoms with Gasteiger partial charge in [0.05, 0.1) is 0 Å². The second kappa shape index (κ2) is 6.48. The maximum Gasteiger partial charge on any atom is 0.128 e. The fraction of sp³-hybridized carbons (Fsp3) is 0.684. The molecule has 0 aliphatic heterocycles. The van der Waals surface area contributed by atoms with E-state index in [4.69, 9.17) is 0 Å². The summed E-state index contributed by atoms with van der Waals surface area (Å²) >= 11 is 0. The van der Waals surface area contributed by atoms with E-state index in [2.05, 4.69) is 12.2 Å². The van der Waals surface area contributed by atoms with Gasteiger partial charge in [0.2, 0.25) is 0 Å². The van der Waals surface area contributed by atoms with E-state index >= 15 is 0 Å². The lowest BCUT2D eigenvalue weighted by molar-refractivity contribution is 0.276. The Morgan fingerprint density at radius 2 is 2.14 bits per heavy atom. The minimum absolute atomic E-state index is 0.0354. The Morgan fingerprint density at radius 1 is 1.29 bits per heavy atom. The Balaban J connectivity index is 1.74. The van der Waals surface area contributed by atoms with Crippen LogP contribution in [0.3, 0.4) is 0 Å². The van der Waals surface area contributed by atoms with Crippen molar-refractivity contribution in [3.8, 4) is 0 Å². The van der Waals surface area contributed by atoms with Crippen LogP contribution in [0.1, 0.15) is 62.6 Å². The molecule has 1 aromatic carbocycles. The van der Waals surface area contributed by atoms with Crippen LogP contribution in [0.5, 0.6) is 0 Å². The van der Waals surface area contributed by atoms with Crippen LogP contribution in [0.25, 0.3) is 0 Å². The van der Waals surface area contributed by atoms with Crippen molar-refractivity contribution in [2.24, 2.45) is 17.8 Å². The first-order valence-corrected chi connectivity index (χ1v) is 8.66. The third-order valence-electron chi connectivity index (χ3n) is 5.60. The Bertz CT molecular complexity index is 484. The molecule has 0 aromatic heterocycles. The lowest BCUT2D eigenvalue weighted by Crippen LogP contribution is -2.27. The highest BCUT2D eigenvalue weighted by Crippen LogP contribution is 2.51. The molecule has 0 saturated heterocycles. The number of benzene rings is 1. The van der Waals surface area contributed by atoms with Gasteiger partial charge >= 0.3 is 0 Å². The van der Waals surface area contributed by atoms with Crippen molar-refractivity contribution in [3.63, 3.8) is 0 Å². The number of fused-ring (bicyclic) bond motifs is 2. The zero-order valence-corrected chi connectivity index (χ0v) is 13.4. The quantitative estimate of drug-likeness (QED) is 0.777. The Kier molecular flexibility index (Phi) is 4.63. The van der Waals surface area contributed by atoms with Gasteiger partial charge in [0.1, 0.15) is 5.82 Å². The zero-order chi connectivity index (χ0) is 14.8. The molecular weight excluding hydrogens is 261 g/mol. The summed E-state index contributed by atoms with van der Waals surface area (Å²) in [6.07, 6.45) is 7.87. The maximum atomic E-state index is 14.3. The SMILES string of the molecule is CCCNC(CC1CC2CCC1C2)c1ccc(C)cc1F. The van der Waals surface area contributed by atoms with Crippen LogP contribution < -0.4 is 5.32 Å². The first-order chi connectivity index (χ1) is 10.2. The van der Waals surface area contributed by atoms with E-state index in [0.29, 0.717) is 0 Å². The van der Waals surface area contributed by atoms with Crippen molar-refractivity contribution < 1.29 is 4.39 Å².